The molecule has 5 heteroatoms. The van der Waals surface area contributed by atoms with Gasteiger partial charge in [0.25, 0.3) is 5.91 Å². The molecule has 0 unspecified atom stereocenters. The smallest absolute Gasteiger partial charge is 0.256 e. The molecular weight excluding hydrogens is 204 g/mol. The molecule has 1 aromatic carbocycles. The van der Waals surface area contributed by atoms with Crippen molar-refractivity contribution in [3.05, 3.63) is 48.4 Å². The standard InChI is InChI=1S/C11H10N4O/c12-9-3-1-8(2-4-9)11(16)15-10-7-13-5-6-14-10/h1-7H,12H2,(H,14,15,16). The molecule has 0 bridgehead atoms. The maximum absolute atomic E-state index is 11.7. The summed E-state index contributed by atoms with van der Waals surface area (Å²) < 4.78 is 0. The minimum atomic E-state index is -0.236. The van der Waals surface area contributed by atoms with Crippen molar-refractivity contribution in [3.8, 4) is 0 Å². The molecule has 0 atom stereocenters. The first-order chi connectivity index (χ1) is 7.75. The molecule has 5 nitrogen and oxygen atoms in total. The van der Waals surface area contributed by atoms with Gasteiger partial charge in [0.2, 0.25) is 0 Å². The van der Waals surface area contributed by atoms with Gasteiger partial charge in [-0.1, -0.05) is 0 Å². The number of aromatic nitrogens is 2. The lowest BCUT2D eigenvalue weighted by molar-refractivity contribution is 0.102. The van der Waals surface area contributed by atoms with Gasteiger partial charge in [-0.05, 0) is 24.3 Å². The number of amides is 1. The fourth-order valence-corrected chi connectivity index (χ4v) is 1.19. The molecule has 2 rings (SSSR count). The van der Waals surface area contributed by atoms with Gasteiger partial charge in [0.1, 0.15) is 0 Å². The van der Waals surface area contributed by atoms with Crippen molar-refractivity contribution < 1.29 is 4.79 Å². The molecule has 0 aliphatic carbocycles. The molecule has 1 amide bonds. The number of nitrogens with one attached hydrogen (secondary N) is 1. The lowest BCUT2D eigenvalue weighted by atomic mass is 10.2. The molecule has 0 aliphatic rings. The summed E-state index contributed by atoms with van der Waals surface area (Å²) in [7, 11) is 0. The van der Waals surface area contributed by atoms with Crippen LogP contribution < -0.4 is 11.1 Å². The summed E-state index contributed by atoms with van der Waals surface area (Å²) in [5, 5.41) is 2.62. The summed E-state index contributed by atoms with van der Waals surface area (Å²) >= 11 is 0. The Kier molecular flexibility index (Phi) is 2.77. The van der Waals surface area contributed by atoms with E-state index in [4.69, 9.17) is 5.73 Å². The first-order valence-electron chi connectivity index (χ1n) is 4.68. The van der Waals surface area contributed by atoms with E-state index in [0.717, 1.165) is 0 Å². The van der Waals surface area contributed by atoms with E-state index in [9.17, 15) is 4.79 Å². The lowest BCUT2D eigenvalue weighted by Crippen LogP contribution is -2.12. The van der Waals surface area contributed by atoms with Crippen LogP contribution in [0, 0.1) is 0 Å². The van der Waals surface area contributed by atoms with Crippen LogP contribution in [0.2, 0.25) is 0 Å². The SMILES string of the molecule is Nc1ccc(C(=O)Nc2cnccn2)cc1. The highest BCUT2D eigenvalue weighted by atomic mass is 16.1. The van der Waals surface area contributed by atoms with Crippen LogP contribution in [-0.4, -0.2) is 15.9 Å². The Bertz CT molecular complexity index is 481. The molecule has 1 aromatic heterocycles. The van der Waals surface area contributed by atoms with Gasteiger partial charge >= 0.3 is 0 Å². The van der Waals surface area contributed by atoms with Crippen LogP contribution in [0.4, 0.5) is 11.5 Å². The number of hydrogen-bond acceptors (Lipinski definition) is 4. The molecule has 0 fully saturated rings. The first kappa shape index (κ1) is 10.1. The number of hydrogen-bond donors (Lipinski definition) is 2. The molecule has 2 aromatic rings. The number of rotatable bonds is 2. The van der Waals surface area contributed by atoms with Crippen molar-refractivity contribution in [2.24, 2.45) is 0 Å². The highest BCUT2D eigenvalue weighted by Crippen LogP contribution is 2.07. The second kappa shape index (κ2) is 4.39. The molecule has 0 spiro atoms. The third-order valence-electron chi connectivity index (χ3n) is 1.98. The molecule has 16 heavy (non-hydrogen) atoms. The van der Waals surface area contributed by atoms with Crippen molar-refractivity contribution in [2.45, 2.75) is 0 Å². The fraction of sp³-hybridized carbons (Fsp3) is 0. The maximum Gasteiger partial charge on any atom is 0.256 e. The topological polar surface area (TPSA) is 80.9 Å². The Morgan fingerprint density at radius 2 is 1.94 bits per heavy atom. The summed E-state index contributed by atoms with van der Waals surface area (Å²) in [6.07, 6.45) is 4.53. The molecule has 80 valence electrons. The average Bonchev–Trinajstić information content (AvgIpc) is 2.31. The normalized spacial score (nSPS) is 9.75. The van der Waals surface area contributed by atoms with Crippen LogP contribution in [-0.2, 0) is 0 Å². The predicted molar refractivity (Wildman–Crippen MR) is 60.8 cm³/mol. The van der Waals surface area contributed by atoms with E-state index in [1.165, 1.54) is 12.4 Å². The highest BCUT2D eigenvalue weighted by Gasteiger charge is 2.05. The van der Waals surface area contributed by atoms with Gasteiger partial charge in [-0.2, -0.15) is 0 Å². The van der Waals surface area contributed by atoms with Crippen LogP contribution in [0.15, 0.2) is 42.9 Å². The Morgan fingerprint density at radius 1 is 1.19 bits per heavy atom. The summed E-state index contributed by atoms with van der Waals surface area (Å²) in [5.74, 6) is 0.185. The molecular formula is C11H10N4O. The van der Waals surface area contributed by atoms with Gasteiger partial charge in [0.05, 0.1) is 6.20 Å². The second-order valence-corrected chi connectivity index (χ2v) is 3.17. The Hall–Kier alpha value is -2.43. The van der Waals surface area contributed by atoms with E-state index in [2.05, 4.69) is 15.3 Å². The van der Waals surface area contributed by atoms with Gasteiger partial charge in [-0.15, -0.1) is 0 Å². The van der Waals surface area contributed by atoms with Gasteiger partial charge in [0, 0.05) is 23.6 Å². The van der Waals surface area contributed by atoms with Gasteiger partial charge in [-0.3, -0.25) is 9.78 Å². The summed E-state index contributed by atoms with van der Waals surface area (Å²) in [5.41, 5.74) is 6.67. The molecule has 0 aliphatic heterocycles. The van der Waals surface area contributed by atoms with E-state index in [-0.39, 0.29) is 5.91 Å². The zero-order valence-electron chi connectivity index (χ0n) is 8.42. The first-order valence-corrected chi connectivity index (χ1v) is 4.68. The lowest BCUT2D eigenvalue weighted by Gasteiger charge is -2.03. The number of benzene rings is 1. The predicted octanol–water partition coefficient (Wildman–Crippen LogP) is 1.31. The van der Waals surface area contributed by atoms with E-state index in [0.29, 0.717) is 17.1 Å². The van der Waals surface area contributed by atoms with Crippen molar-refractivity contribution in [1.82, 2.24) is 9.97 Å². The number of nitrogens with two attached hydrogens (primary N) is 1. The van der Waals surface area contributed by atoms with Gasteiger partial charge < -0.3 is 11.1 Å². The van der Waals surface area contributed by atoms with Crippen molar-refractivity contribution in [2.75, 3.05) is 11.1 Å². The number of carbonyl (C=O) groups is 1. The quantitative estimate of drug-likeness (QED) is 0.738. The Morgan fingerprint density at radius 3 is 2.56 bits per heavy atom. The molecule has 0 saturated carbocycles. The molecule has 0 saturated heterocycles. The van der Waals surface area contributed by atoms with Crippen LogP contribution in [0.5, 0.6) is 0 Å². The minimum absolute atomic E-state index is 0.236. The van der Waals surface area contributed by atoms with Gasteiger partial charge in [-0.25, -0.2) is 4.98 Å². The van der Waals surface area contributed by atoms with Crippen LogP contribution >= 0.6 is 0 Å². The van der Waals surface area contributed by atoms with E-state index in [1.54, 1.807) is 30.5 Å². The summed E-state index contributed by atoms with van der Waals surface area (Å²) in [6.45, 7) is 0. The second-order valence-electron chi connectivity index (χ2n) is 3.17. The monoisotopic (exact) mass is 214 g/mol. The van der Waals surface area contributed by atoms with E-state index >= 15 is 0 Å². The zero-order valence-corrected chi connectivity index (χ0v) is 8.42. The summed E-state index contributed by atoms with van der Waals surface area (Å²) in [4.78, 5) is 19.5. The number of carbonyl (C=O) groups excluding carboxylic acids is 1. The largest absolute Gasteiger partial charge is 0.399 e. The maximum atomic E-state index is 11.7. The van der Waals surface area contributed by atoms with Crippen LogP contribution in [0.25, 0.3) is 0 Å². The minimum Gasteiger partial charge on any atom is -0.399 e. The summed E-state index contributed by atoms with van der Waals surface area (Å²) in [6, 6.07) is 6.65. The third kappa shape index (κ3) is 2.33. The van der Waals surface area contributed by atoms with E-state index in [1.807, 2.05) is 0 Å². The molecule has 3 N–H and O–H groups in total. The zero-order chi connectivity index (χ0) is 11.4. The van der Waals surface area contributed by atoms with E-state index < -0.39 is 0 Å². The number of nitrogens with zero attached hydrogens (tertiary/aromatic N) is 2. The Labute approximate surface area is 92.3 Å². The van der Waals surface area contributed by atoms with Crippen molar-refractivity contribution in [3.63, 3.8) is 0 Å². The number of anilines is 2. The Balaban J connectivity index is 2.12. The van der Waals surface area contributed by atoms with Crippen molar-refractivity contribution >= 4 is 17.4 Å². The molecule has 0 radical (unpaired) electrons. The highest BCUT2D eigenvalue weighted by molar-refractivity contribution is 6.03. The van der Waals surface area contributed by atoms with Gasteiger partial charge in [0.15, 0.2) is 5.82 Å². The molecule has 1 heterocycles. The van der Waals surface area contributed by atoms with Crippen LogP contribution in [0.1, 0.15) is 10.4 Å². The van der Waals surface area contributed by atoms with Crippen LogP contribution in [0.3, 0.4) is 0 Å². The average molecular weight is 214 g/mol. The fourth-order valence-electron chi connectivity index (χ4n) is 1.19. The third-order valence-corrected chi connectivity index (χ3v) is 1.98. The van der Waals surface area contributed by atoms with Crippen molar-refractivity contribution in [1.29, 1.82) is 0 Å². The number of nitrogen functional groups attached to an aromatic ring is 1.